The molecular weight excluding hydrogens is 260 g/mol. The van der Waals surface area contributed by atoms with Gasteiger partial charge in [0.2, 0.25) is 0 Å². The van der Waals surface area contributed by atoms with E-state index in [9.17, 15) is 4.79 Å². The minimum atomic E-state index is -0.0482. The third kappa shape index (κ3) is 2.46. The average molecular weight is 276 g/mol. The second-order valence-electron chi connectivity index (χ2n) is 4.79. The van der Waals surface area contributed by atoms with Crippen LogP contribution in [0.15, 0.2) is 10.9 Å². The first-order valence-corrected chi connectivity index (χ1v) is 7.18. The van der Waals surface area contributed by atoms with E-state index in [1.165, 1.54) is 9.56 Å². The molecule has 0 saturated heterocycles. The number of aryl methyl sites for hydroxylation is 2. The Morgan fingerprint density at radius 1 is 1.47 bits per heavy atom. The molecule has 19 heavy (non-hydrogen) atoms. The standard InChI is InChI=1S/C13H16N4OS/c1-8-9(2)19-12(15-8)7-17-13(18)5-10-6-14-4-3-11(10)16-17/h5,14H,3-4,6-7H2,1-2H3. The van der Waals surface area contributed by atoms with Gasteiger partial charge in [-0.2, -0.15) is 5.10 Å². The molecule has 0 aromatic carbocycles. The van der Waals surface area contributed by atoms with Crippen LogP contribution >= 0.6 is 11.3 Å². The molecule has 0 saturated carbocycles. The Balaban J connectivity index is 1.94. The number of aromatic nitrogens is 3. The highest BCUT2D eigenvalue weighted by Gasteiger charge is 2.14. The normalized spacial score (nSPS) is 14.4. The van der Waals surface area contributed by atoms with E-state index >= 15 is 0 Å². The lowest BCUT2D eigenvalue weighted by Crippen LogP contribution is -2.31. The average Bonchev–Trinajstić information content (AvgIpc) is 2.69. The summed E-state index contributed by atoms with van der Waals surface area (Å²) in [7, 11) is 0. The second kappa shape index (κ2) is 4.86. The van der Waals surface area contributed by atoms with Crippen molar-refractivity contribution >= 4 is 11.3 Å². The van der Waals surface area contributed by atoms with Crippen LogP contribution in [-0.2, 0) is 19.5 Å². The van der Waals surface area contributed by atoms with Crippen molar-refractivity contribution < 1.29 is 0 Å². The minimum absolute atomic E-state index is 0.0482. The van der Waals surface area contributed by atoms with Gasteiger partial charge in [0.25, 0.3) is 5.56 Å². The summed E-state index contributed by atoms with van der Waals surface area (Å²) < 4.78 is 1.53. The summed E-state index contributed by atoms with van der Waals surface area (Å²) in [4.78, 5) is 17.7. The molecule has 1 aliphatic rings. The first-order chi connectivity index (χ1) is 9.13. The first kappa shape index (κ1) is 12.5. The molecule has 0 radical (unpaired) electrons. The van der Waals surface area contributed by atoms with Crippen molar-refractivity contribution in [3.63, 3.8) is 0 Å². The molecule has 0 bridgehead atoms. The molecule has 3 heterocycles. The van der Waals surface area contributed by atoms with Crippen LogP contribution in [0.3, 0.4) is 0 Å². The maximum absolute atomic E-state index is 12.0. The van der Waals surface area contributed by atoms with Crippen molar-refractivity contribution in [1.82, 2.24) is 20.1 Å². The zero-order valence-electron chi connectivity index (χ0n) is 11.1. The van der Waals surface area contributed by atoms with Crippen LogP contribution in [0.2, 0.25) is 0 Å². The summed E-state index contributed by atoms with van der Waals surface area (Å²) in [6, 6.07) is 1.70. The molecule has 0 fully saturated rings. The van der Waals surface area contributed by atoms with Gasteiger partial charge < -0.3 is 5.32 Å². The molecule has 5 nitrogen and oxygen atoms in total. The van der Waals surface area contributed by atoms with Gasteiger partial charge in [-0.15, -0.1) is 11.3 Å². The molecule has 3 rings (SSSR count). The van der Waals surface area contributed by atoms with E-state index in [4.69, 9.17) is 0 Å². The molecule has 6 heteroatoms. The molecule has 0 spiro atoms. The molecule has 1 aliphatic heterocycles. The van der Waals surface area contributed by atoms with E-state index < -0.39 is 0 Å². The predicted molar refractivity (Wildman–Crippen MR) is 74.6 cm³/mol. The number of fused-ring (bicyclic) bond motifs is 1. The maximum atomic E-state index is 12.0. The first-order valence-electron chi connectivity index (χ1n) is 6.37. The number of hydrogen-bond donors (Lipinski definition) is 1. The molecule has 0 unspecified atom stereocenters. The van der Waals surface area contributed by atoms with Crippen LogP contribution in [0.1, 0.15) is 26.8 Å². The Bertz CT molecular complexity index is 654. The number of nitrogens with zero attached hydrogens (tertiary/aromatic N) is 3. The second-order valence-corrected chi connectivity index (χ2v) is 6.08. The summed E-state index contributed by atoms with van der Waals surface area (Å²) in [6.45, 7) is 6.18. The monoisotopic (exact) mass is 276 g/mol. The smallest absolute Gasteiger partial charge is 0.267 e. The summed E-state index contributed by atoms with van der Waals surface area (Å²) >= 11 is 1.63. The van der Waals surface area contributed by atoms with E-state index in [-0.39, 0.29) is 5.56 Å². The number of hydrogen-bond acceptors (Lipinski definition) is 5. The van der Waals surface area contributed by atoms with Crippen molar-refractivity contribution in [2.75, 3.05) is 6.54 Å². The van der Waals surface area contributed by atoms with Gasteiger partial charge in [-0.1, -0.05) is 0 Å². The molecule has 100 valence electrons. The van der Waals surface area contributed by atoms with Gasteiger partial charge in [0.15, 0.2) is 0 Å². The van der Waals surface area contributed by atoms with E-state index in [0.29, 0.717) is 6.54 Å². The molecule has 1 N–H and O–H groups in total. The van der Waals surface area contributed by atoms with Gasteiger partial charge in [0.05, 0.1) is 17.9 Å². The van der Waals surface area contributed by atoms with E-state index in [1.807, 2.05) is 13.8 Å². The third-order valence-corrected chi connectivity index (χ3v) is 4.43. The van der Waals surface area contributed by atoms with Crippen molar-refractivity contribution in [3.05, 3.63) is 43.3 Å². The van der Waals surface area contributed by atoms with Crippen molar-refractivity contribution in [3.8, 4) is 0 Å². The fourth-order valence-corrected chi connectivity index (χ4v) is 3.12. The highest BCUT2D eigenvalue weighted by Crippen LogP contribution is 2.17. The number of rotatable bonds is 2. The summed E-state index contributed by atoms with van der Waals surface area (Å²) in [5.74, 6) is 0. The molecule has 0 atom stereocenters. The van der Waals surface area contributed by atoms with Gasteiger partial charge in [0, 0.05) is 30.5 Å². The Labute approximate surface area is 115 Å². The zero-order chi connectivity index (χ0) is 13.4. The van der Waals surface area contributed by atoms with E-state index in [2.05, 4.69) is 15.4 Å². The summed E-state index contributed by atoms with van der Waals surface area (Å²) in [5.41, 5.74) is 3.05. The van der Waals surface area contributed by atoms with Gasteiger partial charge in [0.1, 0.15) is 5.01 Å². The highest BCUT2D eigenvalue weighted by atomic mass is 32.1. The predicted octanol–water partition coefficient (Wildman–Crippen LogP) is 1.01. The van der Waals surface area contributed by atoms with Crippen LogP contribution < -0.4 is 10.9 Å². The minimum Gasteiger partial charge on any atom is -0.312 e. The highest BCUT2D eigenvalue weighted by molar-refractivity contribution is 7.11. The number of thiazole rings is 1. The third-order valence-electron chi connectivity index (χ3n) is 3.38. The largest absolute Gasteiger partial charge is 0.312 e. The van der Waals surface area contributed by atoms with E-state index in [1.54, 1.807) is 17.4 Å². The van der Waals surface area contributed by atoms with Crippen LogP contribution in [-0.4, -0.2) is 21.3 Å². The van der Waals surface area contributed by atoms with Crippen molar-refractivity contribution in [2.45, 2.75) is 33.4 Å². The summed E-state index contributed by atoms with van der Waals surface area (Å²) in [5, 5.41) is 8.67. The van der Waals surface area contributed by atoms with Gasteiger partial charge in [-0.25, -0.2) is 9.67 Å². The zero-order valence-corrected chi connectivity index (χ0v) is 11.9. The fourth-order valence-electron chi connectivity index (χ4n) is 2.21. The lowest BCUT2D eigenvalue weighted by Gasteiger charge is -2.16. The SMILES string of the molecule is Cc1nc(Cn2nc3c(cc2=O)CNCC3)sc1C. The van der Waals surface area contributed by atoms with E-state index in [0.717, 1.165) is 41.5 Å². The Kier molecular flexibility index (Phi) is 3.20. The van der Waals surface area contributed by atoms with Gasteiger partial charge in [-0.3, -0.25) is 4.79 Å². The molecular formula is C13H16N4OS. The van der Waals surface area contributed by atoms with Crippen LogP contribution in [0, 0.1) is 13.8 Å². The van der Waals surface area contributed by atoms with Crippen molar-refractivity contribution in [1.29, 1.82) is 0 Å². The maximum Gasteiger partial charge on any atom is 0.267 e. The van der Waals surface area contributed by atoms with Crippen LogP contribution in [0.4, 0.5) is 0 Å². The fraction of sp³-hybridized carbons (Fsp3) is 0.462. The Morgan fingerprint density at radius 3 is 3.05 bits per heavy atom. The molecule has 0 aliphatic carbocycles. The van der Waals surface area contributed by atoms with Crippen LogP contribution in [0.5, 0.6) is 0 Å². The van der Waals surface area contributed by atoms with Crippen molar-refractivity contribution in [2.24, 2.45) is 0 Å². The molecule has 2 aromatic heterocycles. The molecule has 2 aromatic rings. The van der Waals surface area contributed by atoms with Crippen LogP contribution in [0.25, 0.3) is 0 Å². The lowest BCUT2D eigenvalue weighted by atomic mass is 10.1. The topological polar surface area (TPSA) is 59.8 Å². The summed E-state index contributed by atoms with van der Waals surface area (Å²) in [6.07, 6.45) is 0.880. The lowest BCUT2D eigenvalue weighted by molar-refractivity contribution is 0.561. The Morgan fingerprint density at radius 2 is 2.32 bits per heavy atom. The number of nitrogens with one attached hydrogen (secondary N) is 1. The Hall–Kier alpha value is -1.53. The quantitative estimate of drug-likeness (QED) is 0.889. The van der Waals surface area contributed by atoms with Gasteiger partial charge >= 0.3 is 0 Å². The molecule has 0 amide bonds. The van der Waals surface area contributed by atoms with Gasteiger partial charge in [-0.05, 0) is 19.4 Å².